The number of hydrogen-bond acceptors (Lipinski definition) is 3. The molecule has 2 aromatic carbocycles. The maximum absolute atomic E-state index is 13.1. The van der Waals surface area contributed by atoms with E-state index in [2.05, 4.69) is 34.2 Å². The number of hydrogen-bond donors (Lipinski definition) is 1. The lowest BCUT2D eigenvalue weighted by Crippen LogP contribution is -2.49. The summed E-state index contributed by atoms with van der Waals surface area (Å²) in [6.07, 6.45) is 0. The van der Waals surface area contributed by atoms with E-state index in [1.165, 1.54) is 17.7 Å². The minimum atomic E-state index is -0.192. The quantitative estimate of drug-likeness (QED) is 0.606. The first-order chi connectivity index (χ1) is 15.0. The first kappa shape index (κ1) is 21.5. The number of thiocarbonyl (C=S) groups is 1. The number of nitrogens with one attached hydrogen (secondary N) is 1. The molecular weight excluding hydrogens is 409 g/mol. The Balaban J connectivity index is 1.33. The van der Waals surface area contributed by atoms with Crippen molar-refractivity contribution in [3.8, 4) is 0 Å². The molecule has 3 aromatic rings. The highest BCUT2D eigenvalue weighted by Crippen LogP contribution is 2.21. The molecule has 1 aliphatic rings. The zero-order valence-corrected chi connectivity index (χ0v) is 18.8. The van der Waals surface area contributed by atoms with Crippen molar-refractivity contribution in [2.24, 2.45) is 0 Å². The lowest BCUT2D eigenvalue weighted by Gasteiger charge is -2.36. The van der Waals surface area contributed by atoms with Crippen molar-refractivity contribution in [3.63, 3.8) is 0 Å². The number of rotatable bonds is 5. The summed E-state index contributed by atoms with van der Waals surface area (Å²) in [5, 5.41) is 8.89. The fourth-order valence-electron chi connectivity index (χ4n) is 3.93. The number of aryl methyl sites for hydroxylation is 1. The first-order valence-electron chi connectivity index (χ1n) is 10.6. The second-order valence-corrected chi connectivity index (χ2v) is 8.40. The molecule has 162 valence electrons. The van der Waals surface area contributed by atoms with Gasteiger partial charge in [-0.15, -0.1) is 0 Å². The highest BCUT2D eigenvalue weighted by molar-refractivity contribution is 7.80. The smallest absolute Gasteiger partial charge is 0.173 e. The maximum atomic E-state index is 13.1. The summed E-state index contributed by atoms with van der Waals surface area (Å²) in [5.74, 6) is -0.192. The van der Waals surface area contributed by atoms with Crippen molar-refractivity contribution in [1.82, 2.24) is 19.6 Å². The number of benzene rings is 2. The Morgan fingerprint density at radius 1 is 0.935 bits per heavy atom. The summed E-state index contributed by atoms with van der Waals surface area (Å²) in [7, 11) is 0. The van der Waals surface area contributed by atoms with E-state index in [1.54, 1.807) is 0 Å². The lowest BCUT2D eigenvalue weighted by molar-refractivity contribution is 0.177. The van der Waals surface area contributed by atoms with Gasteiger partial charge >= 0.3 is 0 Å². The van der Waals surface area contributed by atoms with Crippen molar-refractivity contribution in [2.75, 3.05) is 31.5 Å². The number of halogens is 1. The van der Waals surface area contributed by atoms with E-state index in [1.807, 2.05) is 41.9 Å². The summed E-state index contributed by atoms with van der Waals surface area (Å²) in [6.45, 7) is 9.23. The number of anilines is 1. The van der Waals surface area contributed by atoms with Gasteiger partial charge < -0.3 is 10.2 Å². The van der Waals surface area contributed by atoms with Gasteiger partial charge in [0.2, 0.25) is 0 Å². The predicted octanol–water partition coefficient (Wildman–Crippen LogP) is 4.20. The minimum Gasteiger partial charge on any atom is -0.346 e. The van der Waals surface area contributed by atoms with Crippen molar-refractivity contribution in [3.05, 3.63) is 82.9 Å². The SMILES string of the molecule is Cc1nn(Cc2ccccc2)c(C)c1NC(=S)N1CCN(Cc2ccc(F)cc2)CC1. The summed E-state index contributed by atoms with van der Waals surface area (Å²) >= 11 is 5.71. The zero-order chi connectivity index (χ0) is 21.8. The Morgan fingerprint density at radius 3 is 2.26 bits per heavy atom. The van der Waals surface area contributed by atoms with Gasteiger partial charge in [-0.25, -0.2) is 4.39 Å². The second-order valence-electron chi connectivity index (χ2n) is 8.01. The van der Waals surface area contributed by atoms with Crippen LogP contribution in [0.5, 0.6) is 0 Å². The van der Waals surface area contributed by atoms with Gasteiger partial charge in [0.15, 0.2) is 5.11 Å². The minimum absolute atomic E-state index is 0.192. The Hall–Kier alpha value is -2.77. The molecule has 1 aliphatic heterocycles. The van der Waals surface area contributed by atoms with Gasteiger partial charge in [0.25, 0.3) is 0 Å². The first-order valence-corrected chi connectivity index (χ1v) is 11.0. The molecule has 5 nitrogen and oxygen atoms in total. The predicted molar refractivity (Wildman–Crippen MR) is 127 cm³/mol. The van der Waals surface area contributed by atoms with Crippen molar-refractivity contribution >= 4 is 23.0 Å². The summed E-state index contributed by atoms with van der Waals surface area (Å²) < 4.78 is 15.1. The van der Waals surface area contributed by atoms with Crippen LogP contribution >= 0.6 is 12.2 Å². The molecule has 0 radical (unpaired) electrons. The standard InChI is InChI=1S/C24H28FN5S/c1-18-23(19(2)30(27-18)17-20-6-4-3-5-7-20)26-24(31)29-14-12-28(13-15-29)16-21-8-10-22(25)11-9-21/h3-11H,12-17H2,1-2H3,(H,26,31). The molecule has 1 fully saturated rings. The highest BCUT2D eigenvalue weighted by atomic mass is 32.1. The van der Waals surface area contributed by atoms with E-state index in [0.29, 0.717) is 0 Å². The van der Waals surface area contributed by atoms with Crippen molar-refractivity contribution in [2.45, 2.75) is 26.9 Å². The molecule has 0 amide bonds. The molecule has 0 atom stereocenters. The maximum Gasteiger partial charge on any atom is 0.173 e. The van der Waals surface area contributed by atoms with Gasteiger partial charge in [-0.2, -0.15) is 5.10 Å². The third-order valence-electron chi connectivity index (χ3n) is 5.77. The Morgan fingerprint density at radius 2 is 1.58 bits per heavy atom. The van der Waals surface area contributed by atoms with Crippen LogP contribution in [-0.4, -0.2) is 50.9 Å². The number of nitrogens with zero attached hydrogens (tertiary/aromatic N) is 4. The number of piperazine rings is 1. The van der Waals surface area contributed by atoms with E-state index >= 15 is 0 Å². The lowest BCUT2D eigenvalue weighted by atomic mass is 10.2. The van der Waals surface area contributed by atoms with E-state index in [9.17, 15) is 4.39 Å². The van der Waals surface area contributed by atoms with Crippen LogP contribution < -0.4 is 5.32 Å². The van der Waals surface area contributed by atoms with Crippen molar-refractivity contribution < 1.29 is 4.39 Å². The van der Waals surface area contributed by atoms with Gasteiger partial charge in [-0.1, -0.05) is 42.5 Å². The Kier molecular flexibility index (Phi) is 6.63. The fraction of sp³-hybridized carbons (Fsp3) is 0.333. The molecule has 0 spiro atoms. The van der Waals surface area contributed by atoms with E-state index in [-0.39, 0.29) is 5.82 Å². The van der Waals surface area contributed by atoms with Gasteiger partial charge in [0.05, 0.1) is 23.6 Å². The van der Waals surface area contributed by atoms with Crippen LogP contribution in [-0.2, 0) is 13.1 Å². The Labute approximate surface area is 188 Å². The molecule has 2 heterocycles. The number of aromatic nitrogens is 2. The van der Waals surface area contributed by atoms with Gasteiger partial charge in [0, 0.05) is 32.7 Å². The second kappa shape index (κ2) is 9.58. The fourth-order valence-corrected chi connectivity index (χ4v) is 4.22. The van der Waals surface area contributed by atoms with Crippen LogP contribution in [0, 0.1) is 19.7 Å². The molecule has 4 rings (SSSR count). The van der Waals surface area contributed by atoms with Crippen LogP contribution in [0.2, 0.25) is 0 Å². The van der Waals surface area contributed by atoms with Crippen LogP contribution in [0.15, 0.2) is 54.6 Å². The molecule has 0 unspecified atom stereocenters. The van der Waals surface area contributed by atoms with E-state index in [4.69, 9.17) is 17.3 Å². The topological polar surface area (TPSA) is 36.3 Å². The summed E-state index contributed by atoms with van der Waals surface area (Å²) in [6, 6.07) is 17.1. The monoisotopic (exact) mass is 437 g/mol. The molecule has 7 heteroatoms. The molecule has 1 aromatic heterocycles. The molecular formula is C24H28FN5S. The molecule has 31 heavy (non-hydrogen) atoms. The van der Waals surface area contributed by atoms with E-state index < -0.39 is 0 Å². The molecule has 1 saturated heterocycles. The summed E-state index contributed by atoms with van der Waals surface area (Å²) in [4.78, 5) is 4.59. The molecule has 1 N–H and O–H groups in total. The third-order valence-corrected chi connectivity index (χ3v) is 6.13. The van der Waals surface area contributed by atoms with Crippen LogP contribution in [0.25, 0.3) is 0 Å². The van der Waals surface area contributed by atoms with Crippen LogP contribution in [0.4, 0.5) is 10.1 Å². The Bertz CT molecular complexity index is 1020. The molecule has 0 saturated carbocycles. The highest BCUT2D eigenvalue weighted by Gasteiger charge is 2.21. The zero-order valence-electron chi connectivity index (χ0n) is 18.0. The average molecular weight is 438 g/mol. The molecule has 0 bridgehead atoms. The third kappa shape index (κ3) is 5.29. The summed E-state index contributed by atoms with van der Waals surface area (Å²) in [5.41, 5.74) is 5.38. The van der Waals surface area contributed by atoms with Gasteiger partial charge in [-0.05, 0) is 49.3 Å². The average Bonchev–Trinajstić information content (AvgIpc) is 3.04. The van der Waals surface area contributed by atoms with Gasteiger partial charge in [0.1, 0.15) is 5.82 Å². The normalized spacial score (nSPS) is 14.6. The largest absolute Gasteiger partial charge is 0.346 e. The molecule has 0 aliphatic carbocycles. The van der Waals surface area contributed by atoms with Crippen LogP contribution in [0.1, 0.15) is 22.5 Å². The van der Waals surface area contributed by atoms with Gasteiger partial charge in [-0.3, -0.25) is 9.58 Å². The van der Waals surface area contributed by atoms with Crippen molar-refractivity contribution in [1.29, 1.82) is 0 Å². The van der Waals surface area contributed by atoms with E-state index in [0.717, 1.165) is 67.0 Å². The van der Waals surface area contributed by atoms with Crippen LogP contribution in [0.3, 0.4) is 0 Å².